The van der Waals surface area contributed by atoms with Gasteiger partial charge in [0.05, 0.1) is 0 Å². The topological polar surface area (TPSA) is 29.3 Å². The molecule has 1 saturated carbocycles. The Kier molecular flexibility index (Phi) is 12.1. The summed E-state index contributed by atoms with van der Waals surface area (Å²) in [7, 11) is 0. The molecule has 1 aliphatic carbocycles. The highest BCUT2D eigenvalue weighted by molar-refractivity contribution is 14.1. The quantitative estimate of drug-likeness (QED) is 0.0857. The molecule has 2 nitrogen and oxygen atoms in total. The Morgan fingerprint density at radius 2 is 1.89 bits per heavy atom. The Morgan fingerprint density at radius 1 is 1.19 bits per heavy atom. The largest absolute Gasteiger partial charge is 0.268 e. The Hall–Kier alpha value is 0.390. The van der Waals surface area contributed by atoms with Gasteiger partial charge in [-0.15, -0.1) is 0 Å². The summed E-state index contributed by atoms with van der Waals surface area (Å²) in [5.74, 6) is 8.07. The van der Waals surface area contributed by atoms with Crippen LogP contribution in [0.2, 0.25) is 0 Å². The molecule has 0 aromatic rings. The van der Waals surface area contributed by atoms with Crippen molar-refractivity contribution < 1.29 is 0 Å². The smallest absolute Gasteiger partial charge is 0.0254 e. The lowest BCUT2D eigenvalue weighted by Crippen LogP contribution is -2.53. The van der Waals surface area contributed by atoms with Crippen molar-refractivity contribution in [1.29, 1.82) is 0 Å². The van der Waals surface area contributed by atoms with E-state index in [1.165, 1.54) is 57.8 Å². The van der Waals surface area contributed by atoms with Crippen molar-refractivity contribution in [3.8, 4) is 0 Å². The summed E-state index contributed by atoms with van der Waals surface area (Å²) in [6, 6.07) is 0.925. The number of nitrogens with zero attached hydrogens (tertiary/aromatic N) is 1. The third-order valence-electron chi connectivity index (χ3n) is 6.80. The zero-order valence-corrected chi connectivity index (χ0v) is 21.2. The zero-order valence-electron chi connectivity index (χ0n) is 19.0. The Balaban J connectivity index is 2.74. The van der Waals surface area contributed by atoms with Crippen LogP contribution in [0.1, 0.15) is 106 Å². The van der Waals surface area contributed by atoms with Gasteiger partial charge in [-0.25, -0.2) is 5.01 Å². The molecule has 160 valence electrons. The summed E-state index contributed by atoms with van der Waals surface area (Å²) in [6.07, 6.45) is 17.7. The van der Waals surface area contributed by atoms with Gasteiger partial charge in [0, 0.05) is 16.0 Å². The van der Waals surface area contributed by atoms with Gasteiger partial charge in [0.25, 0.3) is 0 Å². The van der Waals surface area contributed by atoms with E-state index >= 15 is 0 Å². The molecule has 0 heterocycles. The fraction of sp³-hybridized carbons (Fsp3) is 0.917. The minimum absolute atomic E-state index is 0.414. The van der Waals surface area contributed by atoms with Gasteiger partial charge in [-0.05, 0) is 56.3 Å². The predicted molar refractivity (Wildman–Crippen MR) is 130 cm³/mol. The summed E-state index contributed by atoms with van der Waals surface area (Å²) < 4.78 is 0.695. The third-order valence-corrected chi connectivity index (χ3v) is 9.41. The highest BCUT2D eigenvalue weighted by Crippen LogP contribution is 2.43. The molecule has 0 aromatic carbocycles. The van der Waals surface area contributed by atoms with Gasteiger partial charge < -0.3 is 0 Å². The van der Waals surface area contributed by atoms with E-state index in [0.29, 0.717) is 33.3 Å². The van der Waals surface area contributed by atoms with Crippen LogP contribution in [-0.4, -0.2) is 21.0 Å². The van der Waals surface area contributed by atoms with E-state index in [4.69, 9.17) is 5.84 Å². The van der Waals surface area contributed by atoms with Crippen LogP contribution in [0.3, 0.4) is 0 Å². The van der Waals surface area contributed by atoms with Crippen molar-refractivity contribution in [3.63, 3.8) is 0 Å². The van der Waals surface area contributed by atoms with Gasteiger partial charge in [0.2, 0.25) is 0 Å². The van der Waals surface area contributed by atoms with Crippen LogP contribution in [0.5, 0.6) is 0 Å². The normalized spacial score (nSPS) is 27.3. The highest BCUT2D eigenvalue weighted by Gasteiger charge is 2.39. The first-order valence-electron chi connectivity index (χ1n) is 11.6. The maximum absolute atomic E-state index is 6.77. The monoisotopic (exact) mass is 490 g/mol. The molecule has 27 heavy (non-hydrogen) atoms. The first kappa shape index (κ1) is 25.4. The number of hydrazine groups is 1. The van der Waals surface area contributed by atoms with Crippen molar-refractivity contribution in [1.82, 2.24) is 5.01 Å². The molecule has 0 bridgehead atoms. The van der Waals surface area contributed by atoms with Gasteiger partial charge in [-0.1, -0.05) is 101 Å². The van der Waals surface area contributed by atoms with Gasteiger partial charge in [0.15, 0.2) is 0 Å². The number of alkyl halides is 1. The second kappa shape index (κ2) is 12.8. The summed E-state index contributed by atoms with van der Waals surface area (Å²) in [5, 5.41) is 2.24. The molecule has 3 heteroatoms. The van der Waals surface area contributed by atoms with Gasteiger partial charge in [-0.2, -0.15) is 0 Å². The van der Waals surface area contributed by atoms with Crippen LogP contribution in [0.15, 0.2) is 12.2 Å². The Labute approximate surface area is 184 Å². The van der Waals surface area contributed by atoms with Crippen LogP contribution in [0, 0.1) is 17.3 Å². The van der Waals surface area contributed by atoms with Gasteiger partial charge >= 0.3 is 0 Å². The molecule has 1 rings (SSSR count). The molecular weight excluding hydrogens is 443 g/mol. The Bertz CT molecular complexity index is 421. The number of rotatable bonds is 10. The standard InChI is InChI=1S/C24H47IN2/c1-7-9-10-12-15-19(3)18-21(8-2)27(26)20(4)22-16-13-11-14-17-24(5,6)23(22)25/h12,15,19-23H,7-11,13-14,16-18,26H2,1-6H3/b15-12-/t19?,20?,21?,22?,23-/m1/s1. The number of allylic oxidation sites excluding steroid dienone is 2. The van der Waals surface area contributed by atoms with Crippen molar-refractivity contribution in [3.05, 3.63) is 12.2 Å². The average molecular weight is 491 g/mol. The van der Waals surface area contributed by atoms with Crippen LogP contribution in [0.4, 0.5) is 0 Å². The number of hydrogen-bond acceptors (Lipinski definition) is 2. The lowest BCUT2D eigenvalue weighted by Gasteiger charge is -2.44. The summed E-state index contributed by atoms with van der Waals surface area (Å²) in [5.41, 5.74) is 0.414. The molecule has 2 N–H and O–H groups in total. The van der Waals surface area contributed by atoms with Crippen molar-refractivity contribution in [2.75, 3.05) is 0 Å². The average Bonchev–Trinajstić information content (AvgIpc) is 2.63. The van der Waals surface area contributed by atoms with E-state index in [1.54, 1.807) is 0 Å². The van der Waals surface area contributed by atoms with Crippen molar-refractivity contribution in [2.45, 2.75) is 122 Å². The molecule has 0 amide bonds. The lowest BCUT2D eigenvalue weighted by atomic mass is 9.73. The second-order valence-corrected chi connectivity index (χ2v) is 11.0. The molecule has 0 aliphatic heterocycles. The van der Waals surface area contributed by atoms with Crippen molar-refractivity contribution in [2.24, 2.45) is 23.1 Å². The predicted octanol–water partition coefficient (Wildman–Crippen LogP) is 7.51. The number of halogens is 1. The minimum Gasteiger partial charge on any atom is -0.268 e. The van der Waals surface area contributed by atoms with E-state index in [0.717, 1.165) is 6.42 Å². The first-order valence-corrected chi connectivity index (χ1v) is 12.8. The highest BCUT2D eigenvalue weighted by atomic mass is 127. The first-order chi connectivity index (χ1) is 12.7. The number of nitrogens with two attached hydrogens (primary N) is 1. The molecule has 0 aromatic heterocycles. The Morgan fingerprint density at radius 3 is 2.52 bits per heavy atom. The molecule has 0 radical (unpaired) electrons. The summed E-state index contributed by atoms with van der Waals surface area (Å²) >= 11 is 2.75. The van der Waals surface area contributed by atoms with Crippen LogP contribution >= 0.6 is 22.6 Å². The molecule has 1 aliphatic rings. The fourth-order valence-electron chi connectivity index (χ4n) is 4.70. The van der Waals surface area contributed by atoms with Crippen LogP contribution in [0.25, 0.3) is 0 Å². The fourth-order valence-corrected chi connectivity index (χ4v) is 5.97. The molecule has 1 fully saturated rings. The maximum Gasteiger partial charge on any atom is 0.0254 e. The van der Waals surface area contributed by atoms with Gasteiger partial charge in [-0.3, -0.25) is 5.84 Å². The van der Waals surface area contributed by atoms with E-state index in [2.05, 4.69) is 81.3 Å². The van der Waals surface area contributed by atoms with E-state index in [-0.39, 0.29) is 0 Å². The molecule has 0 saturated heterocycles. The van der Waals surface area contributed by atoms with E-state index < -0.39 is 0 Å². The van der Waals surface area contributed by atoms with E-state index in [1.807, 2.05) is 0 Å². The second-order valence-electron chi connectivity index (χ2n) is 9.69. The number of hydrogen-bond donors (Lipinski definition) is 1. The molecule has 5 atom stereocenters. The number of unbranched alkanes of at least 4 members (excludes halogenated alkanes) is 2. The summed E-state index contributed by atoms with van der Waals surface area (Å²) in [6.45, 7) is 14.2. The molecule has 4 unspecified atom stereocenters. The van der Waals surface area contributed by atoms with E-state index in [9.17, 15) is 0 Å². The SMILES string of the molecule is CCCC/C=C\C(C)CC(CC)N(N)C(C)C1CCCCCC(C)(C)[C@@H]1I. The van der Waals surface area contributed by atoms with Crippen molar-refractivity contribution >= 4 is 22.6 Å². The van der Waals surface area contributed by atoms with Crippen LogP contribution < -0.4 is 5.84 Å². The third kappa shape index (κ3) is 8.34. The zero-order chi connectivity index (χ0) is 20.4. The summed E-state index contributed by atoms with van der Waals surface area (Å²) in [4.78, 5) is 0. The maximum atomic E-state index is 6.77. The molecular formula is C24H47IN2. The lowest BCUT2D eigenvalue weighted by molar-refractivity contribution is 0.0661. The molecule has 0 spiro atoms. The van der Waals surface area contributed by atoms with Gasteiger partial charge in [0.1, 0.15) is 0 Å². The minimum atomic E-state index is 0.414. The van der Waals surface area contributed by atoms with Crippen LogP contribution in [-0.2, 0) is 0 Å².